The van der Waals surface area contributed by atoms with Crippen LogP contribution in [0.4, 0.5) is 0 Å². The lowest BCUT2D eigenvalue weighted by molar-refractivity contribution is -0.145. The summed E-state index contributed by atoms with van der Waals surface area (Å²) in [6.45, 7) is 14.8. The van der Waals surface area contributed by atoms with Gasteiger partial charge in [0.2, 0.25) is 0 Å². The van der Waals surface area contributed by atoms with Gasteiger partial charge in [-0.05, 0) is 43.9 Å². The molecule has 0 bridgehead atoms. The van der Waals surface area contributed by atoms with Crippen LogP contribution >= 0.6 is 0 Å². The van der Waals surface area contributed by atoms with Gasteiger partial charge in [0.25, 0.3) is 0 Å². The molecular formula is C45H90O4. The zero-order valence-electron chi connectivity index (χ0n) is 34.5. The topological polar surface area (TPSA) is 52.6 Å². The maximum absolute atomic E-state index is 12.0. The highest BCUT2D eigenvalue weighted by Crippen LogP contribution is 2.19. The van der Waals surface area contributed by atoms with Gasteiger partial charge in [0.05, 0.1) is 13.2 Å². The third-order valence-electron chi connectivity index (χ3n) is 9.82. The van der Waals surface area contributed by atoms with E-state index in [2.05, 4.69) is 41.5 Å². The van der Waals surface area contributed by atoms with Crippen LogP contribution in [0.3, 0.4) is 0 Å². The maximum atomic E-state index is 12.0. The van der Waals surface area contributed by atoms with Crippen LogP contribution < -0.4 is 0 Å². The molecule has 1 unspecified atom stereocenters. The Morgan fingerprint density at radius 2 is 0.735 bits per heavy atom. The van der Waals surface area contributed by atoms with E-state index < -0.39 is 0 Å². The highest BCUT2D eigenvalue weighted by molar-refractivity contribution is 5.69. The highest BCUT2D eigenvalue weighted by atomic mass is 16.5. The van der Waals surface area contributed by atoms with Crippen molar-refractivity contribution in [3.8, 4) is 0 Å². The van der Waals surface area contributed by atoms with E-state index in [0.717, 1.165) is 25.2 Å². The minimum atomic E-state index is 0.00938. The van der Waals surface area contributed by atoms with Gasteiger partial charge in [0.1, 0.15) is 0 Å². The van der Waals surface area contributed by atoms with Gasteiger partial charge in [-0.1, -0.05) is 208 Å². The zero-order chi connectivity index (χ0) is 36.5. The Labute approximate surface area is 308 Å². The number of carbonyl (C=O) groups is 2. The number of unbranched alkanes of at least 4 members (excludes halogenated alkanes) is 23. The van der Waals surface area contributed by atoms with Crippen molar-refractivity contribution in [1.82, 2.24) is 0 Å². The Morgan fingerprint density at radius 1 is 0.388 bits per heavy atom. The van der Waals surface area contributed by atoms with Crippen LogP contribution in [0.25, 0.3) is 0 Å². The molecule has 0 radical (unpaired) electrons. The van der Waals surface area contributed by atoms with Gasteiger partial charge in [-0.15, -0.1) is 0 Å². The van der Waals surface area contributed by atoms with Crippen molar-refractivity contribution >= 4 is 11.9 Å². The number of ether oxygens (including phenoxy) is 2. The predicted molar refractivity (Wildman–Crippen MR) is 215 cm³/mol. The monoisotopic (exact) mass is 695 g/mol. The summed E-state index contributed by atoms with van der Waals surface area (Å²) in [6, 6.07) is 0. The van der Waals surface area contributed by atoms with E-state index in [0.29, 0.717) is 32.0 Å². The molecular weight excluding hydrogens is 604 g/mol. The van der Waals surface area contributed by atoms with E-state index in [-0.39, 0.29) is 11.9 Å². The van der Waals surface area contributed by atoms with Gasteiger partial charge >= 0.3 is 11.9 Å². The van der Waals surface area contributed by atoms with Crippen molar-refractivity contribution in [2.45, 2.75) is 253 Å². The van der Waals surface area contributed by atoms with Gasteiger partial charge in [0, 0.05) is 12.8 Å². The number of rotatable bonds is 37. The van der Waals surface area contributed by atoms with Gasteiger partial charge in [-0.25, -0.2) is 0 Å². The molecule has 49 heavy (non-hydrogen) atoms. The van der Waals surface area contributed by atoms with Gasteiger partial charge in [-0.2, -0.15) is 0 Å². The fourth-order valence-corrected chi connectivity index (χ4v) is 6.37. The molecule has 1 atom stereocenters. The smallest absolute Gasteiger partial charge is 0.305 e. The molecule has 0 fully saturated rings. The van der Waals surface area contributed by atoms with Crippen LogP contribution in [0.15, 0.2) is 0 Å². The van der Waals surface area contributed by atoms with Crippen molar-refractivity contribution in [2.24, 2.45) is 11.8 Å². The largest absolute Gasteiger partial charge is 0.466 e. The Morgan fingerprint density at radius 3 is 1.20 bits per heavy atom. The van der Waals surface area contributed by atoms with Crippen molar-refractivity contribution < 1.29 is 19.1 Å². The molecule has 0 spiro atoms. The number of hydrogen-bond acceptors (Lipinski definition) is 4. The molecule has 0 aromatic carbocycles. The summed E-state index contributed by atoms with van der Waals surface area (Å²) >= 11 is 0. The van der Waals surface area contributed by atoms with Crippen LogP contribution in [-0.2, 0) is 19.1 Å². The van der Waals surface area contributed by atoms with Crippen molar-refractivity contribution in [3.05, 3.63) is 0 Å². The van der Waals surface area contributed by atoms with Crippen molar-refractivity contribution in [1.29, 1.82) is 0 Å². The summed E-state index contributed by atoms with van der Waals surface area (Å²) in [5.74, 6) is 1.43. The van der Waals surface area contributed by atoms with Gasteiger partial charge in [0.15, 0.2) is 0 Å². The second-order valence-electron chi connectivity index (χ2n) is 15.5. The standard InChI is InChI=1S/C24H48O2.C21H42O2/c1-4-7-10-12-13-14-15-16-18-21-24(25)26-22-23(19-9-6-3)20-17-11-8-5-2;1-4-5-6-7-8-9-10-11-15-18-21(22)23-19-16-13-12-14-17-20(2)3/h23H,4-22H2,1-3H3;20H,4-19H2,1-3H3. The SMILES string of the molecule is CCCCCCCCCCCC(=O)OCC(CCCC)CCCCCC.CCCCCCCCCCCC(=O)OCCCCCCC(C)C. The molecule has 0 saturated carbocycles. The first-order valence-electron chi connectivity index (χ1n) is 22.2. The Kier molecular flexibility index (Phi) is 44.0. The van der Waals surface area contributed by atoms with E-state index in [1.165, 1.54) is 180 Å². The maximum Gasteiger partial charge on any atom is 0.305 e. The van der Waals surface area contributed by atoms with Crippen molar-refractivity contribution in [2.75, 3.05) is 13.2 Å². The van der Waals surface area contributed by atoms with Crippen LogP contribution in [-0.4, -0.2) is 25.2 Å². The first-order chi connectivity index (χ1) is 23.9. The summed E-state index contributed by atoms with van der Waals surface area (Å²) in [7, 11) is 0. The van der Waals surface area contributed by atoms with Crippen LogP contribution in [0.5, 0.6) is 0 Å². The van der Waals surface area contributed by atoms with E-state index in [9.17, 15) is 9.59 Å². The molecule has 0 aromatic heterocycles. The lowest BCUT2D eigenvalue weighted by atomic mass is 9.96. The molecule has 0 aliphatic carbocycles. The molecule has 0 aliphatic rings. The quantitative estimate of drug-likeness (QED) is 0.0480. The van der Waals surface area contributed by atoms with Gasteiger partial charge < -0.3 is 9.47 Å². The fraction of sp³-hybridized carbons (Fsp3) is 0.956. The molecule has 0 heterocycles. The summed E-state index contributed by atoms with van der Waals surface area (Å²) < 4.78 is 10.9. The first-order valence-corrected chi connectivity index (χ1v) is 22.2. The normalized spacial score (nSPS) is 11.7. The number of carbonyl (C=O) groups excluding carboxylic acids is 2. The lowest BCUT2D eigenvalue weighted by Crippen LogP contribution is -2.14. The minimum absolute atomic E-state index is 0.00938. The zero-order valence-corrected chi connectivity index (χ0v) is 34.5. The molecule has 0 rings (SSSR count). The van der Waals surface area contributed by atoms with Crippen LogP contribution in [0, 0.1) is 11.8 Å². The Bertz CT molecular complexity index is 646. The Balaban J connectivity index is 0. The minimum Gasteiger partial charge on any atom is -0.466 e. The summed E-state index contributed by atoms with van der Waals surface area (Å²) in [6.07, 6.45) is 40.8. The summed E-state index contributed by atoms with van der Waals surface area (Å²) in [4.78, 5) is 23.6. The van der Waals surface area contributed by atoms with Crippen molar-refractivity contribution in [3.63, 3.8) is 0 Å². The average molecular weight is 695 g/mol. The highest BCUT2D eigenvalue weighted by Gasteiger charge is 2.12. The van der Waals surface area contributed by atoms with Crippen LogP contribution in [0.1, 0.15) is 253 Å². The predicted octanol–water partition coefficient (Wildman–Crippen LogP) is 15.3. The molecule has 294 valence electrons. The molecule has 0 N–H and O–H groups in total. The first kappa shape index (κ1) is 50.0. The van der Waals surface area contributed by atoms with E-state index in [1.807, 2.05) is 0 Å². The second kappa shape index (κ2) is 43.1. The van der Waals surface area contributed by atoms with Gasteiger partial charge in [-0.3, -0.25) is 9.59 Å². The summed E-state index contributed by atoms with van der Waals surface area (Å²) in [5.41, 5.74) is 0. The summed E-state index contributed by atoms with van der Waals surface area (Å²) in [5, 5.41) is 0. The third-order valence-corrected chi connectivity index (χ3v) is 9.82. The van der Waals surface area contributed by atoms with Crippen LogP contribution in [0.2, 0.25) is 0 Å². The average Bonchev–Trinajstić information content (AvgIpc) is 3.09. The number of esters is 2. The fourth-order valence-electron chi connectivity index (χ4n) is 6.37. The Hall–Kier alpha value is -1.06. The molecule has 4 nitrogen and oxygen atoms in total. The molecule has 0 amide bonds. The lowest BCUT2D eigenvalue weighted by Gasteiger charge is -2.16. The van der Waals surface area contributed by atoms with E-state index >= 15 is 0 Å². The van der Waals surface area contributed by atoms with E-state index in [4.69, 9.17) is 9.47 Å². The third kappa shape index (κ3) is 44.9. The van der Waals surface area contributed by atoms with E-state index in [1.54, 1.807) is 0 Å². The molecule has 4 heteroatoms. The molecule has 0 aromatic rings. The number of hydrogen-bond donors (Lipinski definition) is 0. The molecule has 0 aliphatic heterocycles. The molecule has 0 saturated heterocycles. The second-order valence-corrected chi connectivity index (χ2v) is 15.5.